The van der Waals surface area contributed by atoms with Crippen molar-refractivity contribution < 1.29 is 4.79 Å². The fourth-order valence-corrected chi connectivity index (χ4v) is 2.94. The molecule has 2 rings (SSSR count). The fourth-order valence-electron chi connectivity index (χ4n) is 2.94. The molecule has 0 unspecified atom stereocenters. The summed E-state index contributed by atoms with van der Waals surface area (Å²) in [5.41, 5.74) is 3.12. The smallest absolute Gasteiger partial charge is 0.165 e. The SMILES string of the molecule is C=CCN(CC=C)CCC(=O)c1c(C)ccc2cc(C)ccc12. The van der Waals surface area contributed by atoms with E-state index in [0.717, 1.165) is 41.5 Å². The van der Waals surface area contributed by atoms with Crippen molar-refractivity contribution in [3.05, 3.63) is 72.3 Å². The Kier molecular flexibility index (Phi) is 5.89. The van der Waals surface area contributed by atoms with E-state index in [0.29, 0.717) is 6.42 Å². The number of hydrogen-bond donors (Lipinski definition) is 0. The zero-order valence-corrected chi connectivity index (χ0v) is 14.1. The lowest BCUT2D eigenvalue weighted by Crippen LogP contribution is -2.26. The summed E-state index contributed by atoms with van der Waals surface area (Å²) in [5, 5.41) is 2.19. The van der Waals surface area contributed by atoms with Gasteiger partial charge in [-0.3, -0.25) is 9.69 Å². The molecule has 2 aromatic rings. The molecular weight excluding hydrogens is 282 g/mol. The molecule has 0 bridgehead atoms. The number of ketones is 1. The number of nitrogens with zero attached hydrogens (tertiary/aromatic N) is 1. The van der Waals surface area contributed by atoms with Crippen molar-refractivity contribution in [1.82, 2.24) is 4.90 Å². The molecule has 2 heteroatoms. The Morgan fingerprint density at radius 3 is 2.43 bits per heavy atom. The number of aryl methyl sites for hydroxylation is 2. The molecule has 0 atom stereocenters. The van der Waals surface area contributed by atoms with Gasteiger partial charge < -0.3 is 0 Å². The van der Waals surface area contributed by atoms with E-state index in [9.17, 15) is 4.79 Å². The normalized spacial score (nSPS) is 10.9. The second-order valence-corrected chi connectivity index (χ2v) is 5.99. The van der Waals surface area contributed by atoms with Gasteiger partial charge in [-0.1, -0.05) is 48.0 Å². The average molecular weight is 307 g/mol. The Labute approximate surface area is 139 Å². The number of carbonyl (C=O) groups excluding carboxylic acids is 1. The second kappa shape index (κ2) is 7.89. The molecule has 0 aliphatic rings. The first-order chi connectivity index (χ1) is 11.1. The van der Waals surface area contributed by atoms with Crippen LogP contribution in [-0.4, -0.2) is 30.3 Å². The van der Waals surface area contributed by atoms with Crippen LogP contribution in [0.25, 0.3) is 10.8 Å². The van der Waals surface area contributed by atoms with Crippen molar-refractivity contribution in [2.45, 2.75) is 20.3 Å². The van der Waals surface area contributed by atoms with Crippen molar-refractivity contribution >= 4 is 16.6 Å². The molecule has 0 aliphatic carbocycles. The van der Waals surface area contributed by atoms with Crippen LogP contribution in [0.15, 0.2) is 55.6 Å². The minimum atomic E-state index is 0.204. The standard InChI is InChI=1S/C21H25NO/c1-5-12-22(13-6-2)14-11-20(23)21-17(4)8-9-18-15-16(3)7-10-19(18)21/h5-10,15H,1-2,11-14H2,3-4H3. The maximum absolute atomic E-state index is 12.8. The van der Waals surface area contributed by atoms with E-state index in [-0.39, 0.29) is 5.78 Å². The fraction of sp³-hybridized carbons (Fsp3) is 0.286. The Morgan fingerprint density at radius 1 is 1.09 bits per heavy atom. The lowest BCUT2D eigenvalue weighted by Gasteiger charge is -2.18. The summed E-state index contributed by atoms with van der Waals surface area (Å²) in [6.07, 6.45) is 4.23. The highest BCUT2D eigenvalue weighted by atomic mass is 16.1. The number of rotatable bonds is 8. The quantitative estimate of drug-likeness (QED) is 0.520. The van der Waals surface area contributed by atoms with E-state index in [1.54, 1.807) is 0 Å². The van der Waals surface area contributed by atoms with Crippen molar-refractivity contribution in [2.75, 3.05) is 19.6 Å². The lowest BCUT2D eigenvalue weighted by atomic mass is 9.94. The van der Waals surface area contributed by atoms with Gasteiger partial charge >= 0.3 is 0 Å². The summed E-state index contributed by atoms with van der Waals surface area (Å²) < 4.78 is 0. The van der Waals surface area contributed by atoms with Crippen LogP contribution in [-0.2, 0) is 0 Å². The summed E-state index contributed by atoms with van der Waals surface area (Å²) in [6.45, 7) is 13.9. The molecule has 0 aromatic heterocycles. The zero-order chi connectivity index (χ0) is 16.8. The maximum Gasteiger partial charge on any atom is 0.165 e. The van der Waals surface area contributed by atoms with E-state index >= 15 is 0 Å². The third-order valence-corrected chi connectivity index (χ3v) is 4.09. The molecule has 0 heterocycles. The van der Waals surface area contributed by atoms with Crippen molar-refractivity contribution in [3.8, 4) is 0 Å². The van der Waals surface area contributed by atoms with E-state index in [4.69, 9.17) is 0 Å². The van der Waals surface area contributed by atoms with E-state index in [1.807, 2.05) is 25.1 Å². The highest BCUT2D eigenvalue weighted by Gasteiger charge is 2.14. The van der Waals surface area contributed by atoms with Crippen LogP contribution in [0.5, 0.6) is 0 Å². The monoisotopic (exact) mass is 307 g/mol. The van der Waals surface area contributed by atoms with Crippen LogP contribution in [0, 0.1) is 13.8 Å². The summed E-state index contributed by atoms with van der Waals surface area (Å²) in [7, 11) is 0. The van der Waals surface area contributed by atoms with Crippen molar-refractivity contribution in [1.29, 1.82) is 0 Å². The topological polar surface area (TPSA) is 20.3 Å². The Balaban J connectivity index is 2.25. The van der Waals surface area contributed by atoms with E-state index < -0.39 is 0 Å². The predicted octanol–water partition coefficient (Wildman–Crippen LogP) is 4.70. The molecule has 2 nitrogen and oxygen atoms in total. The van der Waals surface area contributed by atoms with Gasteiger partial charge in [-0.05, 0) is 30.2 Å². The van der Waals surface area contributed by atoms with Crippen LogP contribution < -0.4 is 0 Å². The van der Waals surface area contributed by atoms with Crippen molar-refractivity contribution in [3.63, 3.8) is 0 Å². The molecule has 0 N–H and O–H groups in total. The summed E-state index contributed by atoms with van der Waals surface area (Å²) in [6, 6.07) is 10.4. The number of carbonyl (C=O) groups is 1. The number of benzene rings is 2. The van der Waals surface area contributed by atoms with Gasteiger partial charge in [0.05, 0.1) is 0 Å². The predicted molar refractivity (Wildman–Crippen MR) is 99.2 cm³/mol. The van der Waals surface area contributed by atoms with Crippen LogP contribution in [0.2, 0.25) is 0 Å². The third-order valence-electron chi connectivity index (χ3n) is 4.09. The zero-order valence-electron chi connectivity index (χ0n) is 14.1. The molecule has 2 aromatic carbocycles. The van der Waals surface area contributed by atoms with Gasteiger partial charge in [0.2, 0.25) is 0 Å². The Bertz CT molecular complexity index is 720. The van der Waals surface area contributed by atoms with E-state index in [2.05, 4.69) is 49.2 Å². The highest BCUT2D eigenvalue weighted by Crippen LogP contribution is 2.24. The number of hydrogen-bond acceptors (Lipinski definition) is 2. The first kappa shape index (κ1) is 17.2. The third kappa shape index (κ3) is 4.17. The first-order valence-corrected chi connectivity index (χ1v) is 8.04. The number of fused-ring (bicyclic) bond motifs is 1. The summed E-state index contributed by atoms with van der Waals surface area (Å²) in [4.78, 5) is 15.0. The maximum atomic E-state index is 12.8. The van der Waals surface area contributed by atoms with Crippen LogP contribution in [0.1, 0.15) is 27.9 Å². The molecule has 0 saturated heterocycles. The molecule has 0 radical (unpaired) electrons. The van der Waals surface area contributed by atoms with Gasteiger partial charge in [0.25, 0.3) is 0 Å². The number of Topliss-reactive ketones (excluding diaryl/α,β-unsaturated/α-hetero) is 1. The van der Waals surface area contributed by atoms with Gasteiger partial charge in [0, 0.05) is 31.6 Å². The van der Waals surface area contributed by atoms with Crippen molar-refractivity contribution in [2.24, 2.45) is 0 Å². The molecule has 0 amide bonds. The van der Waals surface area contributed by atoms with Gasteiger partial charge in [-0.25, -0.2) is 0 Å². The van der Waals surface area contributed by atoms with E-state index in [1.165, 1.54) is 5.56 Å². The minimum absolute atomic E-state index is 0.204. The summed E-state index contributed by atoms with van der Waals surface area (Å²) >= 11 is 0. The van der Waals surface area contributed by atoms with Gasteiger partial charge in [-0.15, -0.1) is 13.2 Å². The molecule has 0 saturated carbocycles. The van der Waals surface area contributed by atoms with Crippen LogP contribution in [0.3, 0.4) is 0 Å². The largest absolute Gasteiger partial charge is 0.296 e. The molecule has 23 heavy (non-hydrogen) atoms. The van der Waals surface area contributed by atoms with Crippen LogP contribution in [0.4, 0.5) is 0 Å². The minimum Gasteiger partial charge on any atom is -0.296 e. The average Bonchev–Trinajstić information content (AvgIpc) is 2.53. The lowest BCUT2D eigenvalue weighted by molar-refractivity contribution is 0.0969. The highest BCUT2D eigenvalue weighted by molar-refractivity contribution is 6.09. The molecule has 0 spiro atoms. The molecule has 0 fully saturated rings. The van der Waals surface area contributed by atoms with Gasteiger partial charge in [0.15, 0.2) is 5.78 Å². The Morgan fingerprint density at radius 2 is 1.78 bits per heavy atom. The molecular formula is C21H25NO. The first-order valence-electron chi connectivity index (χ1n) is 8.04. The summed E-state index contributed by atoms with van der Waals surface area (Å²) in [5.74, 6) is 0.204. The Hall–Kier alpha value is -2.19. The van der Waals surface area contributed by atoms with Gasteiger partial charge in [0.1, 0.15) is 0 Å². The van der Waals surface area contributed by atoms with Gasteiger partial charge in [-0.2, -0.15) is 0 Å². The molecule has 120 valence electrons. The molecule has 0 aliphatic heterocycles. The van der Waals surface area contributed by atoms with Crippen LogP contribution >= 0.6 is 0 Å². The second-order valence-electron chi connectivity index (χ2n) is 5.99.